The van der Waals surface area contributed by atoms with Crippen molar-refractivity contribution in [1.82, 2.24) is 9.55 Å². The predicted octanol–water partition coefficient (Wildman–Crippen LogP) is 3.99. The van der Waals surface area contributed by atoms with Crippen LogP contribution in [-0.2, 0) is 33.8 Å². The highest BCUT2D eigenvalue weighted by atomic mass is 79.9. The lowest BCUT2D eigenvalue weighted by Crippen LogP contribution is -2.31. The summed E-state index contributed by atoms with van der Waals surface area (Å²) in [6.45, 7) is 2.08. The zero-order chi connectivity index (χ0) is 18.8. The lowest BCUT2D eigenvalue weighted by molar-refractivity contribution is -0.129. The summed E-state index contributed by atoms with van der Waals surface area (Å²) < 4.78 is 27.6. The second kappa shape index (κ2) is 7.78. The van der Waals surface area contributed by atoms with Crippen molar-refractivity contribution >= 4 is 33.4 Å². The fourth-order valence-electron chi connectivity index (χ4n) is 3.24. The molecule has 1 aliphatic heterocycles. The maximum Gasteiger partial charge on any atom is 0.293 e. The Labute approximate surface area is 164 Å². The van der Waals surface area contributed by atoms with Crippen LogP contribution in [0.3, 0.4) is 0 Å². The molecule has 1 aliphatic rings. The lowest BCUT2D eigenvalue weighted by atomic mass is 10.1. The fraction of sp³-hybridized carbons (Fsp3) is 0.300. The molecular weight excluding hydrogens is 415 g/mol. The van der Waals surface area contributed by atoms with Crippen molar-refractivity contribution in [2.45, 2.75) is 32.1 Å². The highest BCUT2D eigenvalue weighted by Crippen LogP contribution is 2.25. The average Bonchev–Trinajstić information content (AvgIpc) is 2.95. The van der Waals surface area contributed by atoms with Gasteiger partial charge >= 0.3 is 0 Å². The van der Waals surface area contributed by atoms with Gasteiger partial charge in [-0.05, 0) is 41.8 Å². The summed E-state index contributed by atoms with van der Waals surface area (Å²) in [5.41, 5.74) is 3.24. The third-order valence-corrected chi connectivity index (χ3v) is 5.25. The first-order chi connectivity index (χ1) is 13.1. The van der Waals surface area contributed by atoms with Crippen LogP contribution in [-0.4, -0.2) is 28.7 Å². The average molecular weight is 433 g/mol. The van der Waals surface area contributed by atoms with E-state index in [9.17, 15) is 9.18 Å². The van der Waals surface area contributed by atoms with Crippen molar-refractivity contribution in [2.75, 3.05) is 6.61 Å². The van der Waals surface area contributed by atoms with Crippen LogP contribution in [0.2, 0.25) is 0 Å². The number of fused-ring (bicyclic) bond motifs is 1. The molecule has 0 aliphatic carbocycles. The Morgan fingerprint density at radius 3 is 2.89 bits per heavy atom. The molecule has 4 rings (SSSR count). The number of hydrogen-bond donors (Lipinski definition) is 0. The van der Waals surface area contributed by atoms with Crippen molar-refractivity contribution in [3.63, 3.8) is 0 Å². The first-order valence-corrected chi connectivity index (χ1v) is 9.52. The van der Waals surface area contributed by atoms with Gasteiger partial charge in [-0.3, -0.25) is 4.79 Å². The molecule has 2 heterocycles. The molecule has 27 heavy (non-hydrogen) atoms. The standard InChI is InChI=1S/C20H18BrFN2O3/c21-15-3-2-14(17(22)9-15)8-20-23-18-4-1-13(11-26-12-25)7-19(18)24(20)10-16-5-6-27-16/h1-4,7,9,12,16H,5-6,8,10-11H2/t16-/m0/s1. The highest BCUT2D eigenvalue weighted by molar-refractivity contribution is 9.10. The van der Waals surface area contributed by atoms with E-state index in [0.29, 0.717) is 29.5 Å². The Hall–Kier alpha value is -2.25. The molecule has 1 aromatic heterocycles. The lowest BCUT2D eigenvalue weighted by Gasteiger charge is -2.27. The van der Waals surface area contributed by atoms with Gasteiger partial charge in [0.25, 0.3) is 6.47 Å². The first kappa shape index (κ1) is 18.1. The third-order valence-electron chi connectivity index (χ3n) is 4.75. The summed E-state index contributed by atoms with van der Waals surface area (Å²) >= 11 is 3.29. The summed E-state index contributed by atoms with van der Waals surface area (Å²) in [5.74, 6) is 0.526. The number of carbonyl (C=O) groups is 1. The third kappa shape index (κ3) is 3.89. The highest BCUT2D eigenvalue weighted by Gasteiger charge is 2.22. The van der Waals surface area contributed by atoms with Crippen molar-refractivity contribution in [3.05, 3.63) is 63.6 Å². The van der Waals surface area contributed by atoms with E-state index in [1.165, 1.54) is 6.07 Å². The number of benzene rings is 2. The monoisotopic (exact) mass is 432 g/mol. The van der Waals surface area contributed by atoms with E-state index in [4.69, 9.17) is 14.5 Å². The number of ether oxygens (including phenoxy) is 2. The van der Waals surface area contributed by atoms with Gasteiger partial charge in [0.1, 0.15) is 18.2 Å². The van der Waals surface area contributed by atoms with Crippen LogP contribution in [0.25, 0.3) is 11.0 Å². The van der Waals surface area contributed by atoms with Crippen LogP contribution in [0, 0.1) is 5.82 Å². The molecule has 0 radical (unpaired) electrons. The van der Waals surface area contributed by atoms with Gasteiger partial charge < -0.3 is 14.0 Å². The minimum absolute atomic E-state index is 0.144. The molecule has 5 nitrogen and oxygen atoms in total. The summed E-state index contributed by atoms with van der Waals surface area (Å²) in [5, 5.41) is 0. The SMILES string of the molecule is O=COCc1ccc2nc(Cc3ccc(Br)cc3F)n(C[C@@H]3CCO3)c2c1. The second-order valence-electron chi connectivity index (χ2n) is 6.56. The zero-order valence-corrected chi connectivity index (χ0v) is 16.1. The predicted molar refractivity (Wildman–Crippen MR) is 102 cm³/mol. The Balaban J connectivity index is 1.73. The molecule has 1 fully saturated rings. The van der Waals surface area contributed by atoms with Crippen LogP contribution in [0.15, 0.2) is 40.9 Å². The topological polar surface area (TPSA) is 53.3 Å². The Morgan fingerprint density at radius 2 is 2.19 bits per heavy atom. The Morgan fingerprint density at radius 1 is 1.33 bits per heavy atom. The molecule has 0 amide bonds. The number of halogens is 2. The summed E-state index contributed by atoms with van der Waals surface area (Å²) in [7, 11) is 0. The number of aromatic nitrogens is 2. The minimum atomic E-state index is -0.261. The number of nitrogens with zero attached hydrogens (tertiary/aromatic N) is 2. The van der Waals surface area contributed by atoms with Gasteiger partial charge in [-0.25, -0.2) is 9.37 Å². The van der Waals surface area contributed by atoms with E-state index < -0.39 is 0 Å². The molecule has 140 valence electrons. The van der Waals surface area contributed by atoms with Crippen molar-refractivity contribution in [1.29, 1.82) is 0 Å². The van der Waals surface area contributed by atoms with Gasteiger partial charge in [-0.2, -0.15) is 0 Å². The quantitative estimate of drug-likeness (QED) is 0.529. The van der Waals surface area contributed by atoms with E-state index in [-0.39, 0.29) is 18.5 Å². The molecule has 0 spiro atoms. The van der Waals surface area contributed by atoms with E-state index in [1.807, 2.05) is 24.3 Å². The first-order valence-electron chi connectivity index (χ1n) is 8.73. The van der Waals surface area contributed by atoms with Gasteiger partial charge in [0.15, 0.2) is 0 Å². The number of carbonyl (C=O) groups excluding carboxylic acids is 1. The Kier molecular flexibility index (Phi) is 5.22. The molecule has 0 unspecified atom stereocenters. The van der Waals surface area contributed by atoms with E-state index >= 15 is 0 Å². The maximum absolute atomic E-state index is 14.3. The van der Waals surface area contributed by atoms with Gasteiger partial charge in [-0.15, -0.1) is 0 Å². The van der Waals surface area contributed by atoms with Gasteiger partial charge in [0.2, 0.25) is 0 Å². The van der Waals surface area contributed by atoms with Crippen LogP contribution < -0.4 is 0 Å². The fourth-order valence-corrected chi connectivity index (χ4v) is 3.58. The number of hydrogen-bond acceptors (Lipinski definition) is 4. The molecular formula is C20H18BrFN2O3. The number of imidazole rings is 1. The molecule has 1 atom stereocenters. The largest absolute Gasteiger partial charge is 0.463 e. The smallest absolute Gasteiger partial charge is 0.293 e. The molecule has 0 saturated carbocycles. The molecule has 3 aromatic rings. The molecule has 1 saturated heterocycles. The summed E-state index contributed by atoms with van der Waals surface area (Å²) in [4.78, 5) is 15.2. The van der Waals surface area contributed by atoms with Crippen LogP contribution >= 0.6 is 15.9 Å². The van der Waals surface area contributed by atoms with Crippen molar-refractivity contribution < 1.29 is 18.7 Å². The van der Waals surface area contributed by atoms with Crippen LogP contribution in [0.1, 0.15) is 23.4 Å². The summed E-state index contributed by atoms with van der Waals surface area (Å²) in [6.07, 6.45) is 1.53. The van der Waals surface area contributed by atoms with E-state index in [0.717, 1.165) is 35.4 Å². The van der Waals surface area contributed by atoms with Crippen molar-refractivity contribution in [2.24, 2.45) is 0 Å². The van der Waals surface area contributed by atoms with Gasteiger partial charge in [-0.1, -0.05) is 28.1 Å². The van der Waals surface area contributed by atoms with E-state index in [2.05, 4.69) is 20.5 Å². The van der Waals surface area contributed by atoms with Gasteiger partial charge in [0, 0.05) is 17.5 Å². The van der Waals surface area contributed by atoms with Crippen LogP contribution in [0.4, 0.5) is 4.39 Å². The summed E-state index contributed by atoms with van der Waals surface area (Å²) in [6, 6.07) is 10.8. The van der Waals surface area contributed by atoms with Crippen molar-refractivity contribution in [3.8, 4) is 0 Å². The minimum Gasteiger partial charge on any atom is -0.463 e. The second-order valence-corrected chi connectivity index (χ2v) is 7.48. The molecule has 2 aromatic carbocycles. The molecule has 0 N–H and O–H groups in total. The molecule has 0 bridgehead atoms. The van der Waals surface area contributed by atoms with Crippen LogP contribution in [0.5, 0.6) is 0 Å². The zero-order valence-electron chi connectivity index (χ0n) is 14.5. The Bertz CT molecular complexity index is 985. The van der Waals surface area contributed by atoms with Gasteiger partial charge in [0.05, 0.1) is 23.7 Å². The maximum atomic E-state index is 14.3. The van der Waals surface area contributed by atoms with E-state index in [1.54, 1.807) is 6.07 Å². The number of rotatable bonds is 7. The molecule has 7 heteroatoms. The normalized spacial score (nSPS) is 16.3.